The highest BCUT2D eigenvalue weighted by Gasteiger charge is 2.43. The number of ether oxygens (including phenoxy) is 1. The molecule has 0 radical (unpaired) electrons. The van der Waals surface area contributed by atoms with Gasteiger partial charge in [0.15, 0.2) is 0 Å². The molecule has 0 amide bonds. The number of rotatable bonds is 10. The van der Waals surface area contributed by atoms with Gasteiger partial charge in [-0.15, -0.1) is 0 Å². The van der Waals surface area contributed by atoms with Crippen LogP contribution in [0.1, 0.15) is 0 Å². The van der Waals surface area contributed by atoms with Crippen molar-refractivity contribution in [3.63, 3.8) is 0 Å². The fourth-order valence-corrected chi connectivity index (χ4v) is 11.5. The summed E-state index contributed by atoms with van der Waals surface area (Å²) >= 11 is 0. The average Bonchev–Trinajstić information content (AvgIpc) is 3.46. The summed E-state index contributed by atoms with van der Waals surface area (Å²) < 4.78 is 7.19. The zero-order valence-electron chi connectivity index (χ0n) is 40.4. The molecule has 6 nitrogen and oxygen atoms in total. The number of benzene rings is 11. The lowest BCUT2D eigenvalue weighted by molar-refractivity contribution is 0.488. The van der Waals surface area contributed by atoms with Gasteiger partial charge in [0.25, 0.3) is 6.71 Å². The molecule has 0 fully saturated rings. The van der Waals surface area contributed by atoms with Crippen LogP contribution in [-0.4, -0.2) is 13.4 Å². The molecular weight excluding hydrogens is 900 g/mol. The summed E-state index contributed by atoms with van der Waals surface area (Å²) in [4.78, 5) is 7.12. The van der Waals surface area contributed by atoms with E-state index in [0.29, 0.717) is 0 Å². The van der Waals surface area contributed by atoms with Crippen LogP contribution in [0.5, 0.6) is 11.5 Å². The van der Waals surface area contributed by atoms with Gasteiger partial charge in [-0.3, -0.25) is 0 Å². The van der Waals surface area contributed by atoms with Crippen molar-refractivity contribution in [2.75, 3.05) is 25.3 Å². The highest BCUT2D eigenvalue weighted by atomic mass is 16.5. The second kappa shape index (κ2) is 18.2. The van der Waals surface area contributed by atoms with Crippen LogP contribution in [0.25, 0.3) is 0 Å². The number of fused-ring (bicyclic) bond motifs is 6. The second-order valence-corrected chi connectivity index (χ2v) is 19.0. The molecule has 3 aliphatic heterocycles. The summed E-state index contributed by atoms with van der Waals surface area (Å²) in [6.07, 6.45) is 0. The molecule has 11 aromatic rings. The predicted molar refractivity (Wildman–Crippen MR) is 312 cm³/mol. The van der Waals surface area contributed by atoms with E-state index >= 15 is 0 Å². The normalized spacial score (nSPS) is 12.5. The van der Waals surface area contributed by atoms with E-state index in [4.69, 9.17) is 4.74 Å². The molecule has 348 valence electrons. The van der Waals surface area contributed by atoms with Crippen molar-refractivity contribution in [1.29, 1.82) is 0 Å². The molecule has 0 unspecified atom stereocenters. The molecule has 8 heteroatoms. The Bertz CT molecular complexity index is 3750. The molecule has 0 bridgehead atoms. The van der Waals surface area contributed by atoms with E-state index in [9.17, 15) is 0 Å². The van der Waals surface area contributed by atoms with Gasteiger partial charge in [0.05, 0.1) is 11.4 Å². The smallest absolute Gasteiger partial charge is 0.256 e. The Morgan fingerprint density at radius 2 is 0.892 bits per heavy atom. The van der Waals surface area contributed by atoms with Gasteiger partial charge < -0.3 is 30.1 Å². The minimum absolute atomic E-state index is 0.0918. The fourth-order valence-electron chi connectivity index (χ4n) is 11.5. The largest absolute Gasteiger partial charge is 0.458 e. The average molecular weight is 948 g/mol. The summed E-state index contributed by atoms with van der Waals surface area (Å²) in [7, 11) is 0. The van der Waals surface area contributed by atoms with Crippen LogP contribution in [0.4, 0.5) is 73.9 Å². The predicted octanol–water partition coefficient (Wildman–Crippen LogP) is 13.3. The van der Waals surface area contributed by atoms with Crippen LogP contribution in [0, 0.1) is 0 Å². The Morgan fingerprint density at radius 1 is 0.365 bits per heavy atom. The minimum atomic E-state index is -0.181. The van der Waals surface area contributed by atoms with E-state index in [1.54, 1.807) is 0 Å². The van der Waals surface area contributed by atoms with Crippen molar-refractivity contribution >= 4 is 120 Å². The van der Waals surface area contributed by atoms with Gasteiger partial charge in [-0.25, -0.2) is 0 Å². The number of anilines is 13. The van der Waals surface area contributed by atoms with Crippen LogP contribution in [0.15, 0.2) is 273 Å². The van der Waals surface area contributed by atoms with Crippen LogP contribution in [-0.2, 0) is 0 Å². The maximum atomic E-state index is 7.19. The molecule has 0 aromatic heterocycles. The topological polar surface area (TPSA) is 43.0 Å². The molecule has 0 saturated heterocycles. The second-order valence-electron chi connectivity index (χ2n) is 19.0. The van der Waals surface area contributed by atoms with E-state index in [-0.39, 0.29) is 13.4 Å². The summed E-state index contributed by atoms with van der Waals surface area (Å²) in [5.41, 5.74) is 20.8. The Labute approximate surface area is 432 Å². The van der Waals surface area contributed by atoms with Crippen LogP contribution >= 0.6 is 0 Å². The lowest BCUT2D eigenvalue weighted by atomic mass is 9.31. The van der Waals surface area contributed by atoms with Crippen molar-refractivity contribution in [2.24, 2.45) is 0 Å². The monoisotopic (exact) mass is 947 g/mol. The molecule has 74 heavy (non-hydrogen) atoms. The lowest BCUT2D eigenvalue weighted by Gasteiger charge is -2.40. The molecular formula is C66H47B2N5O. The van der Waals surface area contributed by atoms with E-state index in [1.807, 2.05) is 0 Å². The van der Waals surface area contributed by atoms with E-state index in [2.05, 4.69) is 298 Å². The first-order valence-electron chi connectivity index (χ1n) is 25.3. The van der Waals surface area contributed by atoms with Gasteiger partial charge in [0.2, 0.25) is 6.71 Å². The highest BCUT2D eigenvalue weighted by molar-refractivity contribution is 7.01. The third-order valence-corrected chi connectivity index (χ3v) is 14.7. The molecule has 0 atom stereocenters. The zero-order chi connectivity index (χ0) is 49.0. The van der Waals surface area contributed by atoms with Crippen molar-refractivity contribution < 1.29 is 4.74 Å². The number of para-hydroxylation sites is 8. The molecule has 2 N–H and O–H groups in total. The first kappa shape index (κ1) is 43.2. The van der Waals surface area contributed by atoms with Crippen molar-refractivity contribution in [2.45, 2.75) is 0 Å². The summed E-state index contributed by atoms with van der Waals surface area (Å²) in [6, 6.07) is 97.7. The highest BCUT2D eigenvalue weighted by Crippen LogP contribution is 2.45. The molecule has 0 aliphatic carbocycles. The van der Waals surface area contributed by atoms with Gasteiger partial charge in [0.1, 0.15) is 11.5 Å². The molecule has 0 spiro atoms. The van der Waals surface area contributed by atoms with E-state index < -0.39 is 0 Å². The summed E-state index contributed by atoms with van der Waals surface area (Å²) in [6.45, 7) is -0.273. The van der Waals surface area contributed by atoms with Gasteiger partial charge in [0, 0.05) is 68.6 Å². The van der Waals surface area contributed by atoms with Crippen LogP contribution in [0.3, 0.4) is 0 Å². The Balaban J connectivity index is 0.988. The Kier molecular flexibility index (Phi) is 10.6. The van der Waals surface area contributed by atoms with Gasteiger partial charge in [-0.05, 0) is 137 Å². The van der Waals surface area contributed by atoms with Crippen molar-refractivity contribution in [3.05, 3.63) is 273 Å². The van der Waals surface area contributed by atoms with Gasteiger partial charge in [-0.1, -0.05) is 163 Å². The number of nitrogens with one attached hydrogen (secondary N) is 2. The Morgan fingerprint density at radius 3 is 1.51 bits per heavy atom. The molecule has 0 saturated carbocycles. The SMILES string of the molecule is c1ccc(Nc2cc(N(c3ccccc3)c3ccccc3)cc3c2B(c2ccc4c(c2)B2c5ccccc5Nc5cc(N(c6ccccc6)c6ccccc6)cc(c52)O4)c2ccccc2N3c2ccccc2)cc1. The molecule has 11 aromatic carbocycles. The minimum Gasteiger partial charge on any atom is -0.458 e. The number of hydrogen-bond acceptors (Lipinski definition) is 6. The first-order chi connectivity index (χ1) is 36.7. The van der Waals surface area contributed by atoms with Crippen LogP contribution < -0.4 is 62.8 Å². The van der Waals surface area contributed by atoms with E-state index in [0.717, 1.165) is 96.4 Å². The van der Waals surface area contributed by atoms with Crippen LogP contribution in [0.2, 0.25) is 0 Å². The fraction of sp³-hybridized carbons (Fsp3) is 0. The van der Waals surface area contributed by atoms with Gasteiger partial charge in [-0.2, -0.15) is 0 Å². The van der Waals surface area contributed by atoms with Crippen molar-refractivity contribution in [3.8, 4) is 11.5 Å². The summed E-state index contributed by atoms with van der Waals surface area (Å²) in [5, 5.41) is 7.88. The number of hydrogen-bond donors (Lipinski definition) is 2. The summed E-state index contributed by atoms with van der Waals surface area (Å²) in [5.74, 6) is 1.70. The molecule has 14 rings (SSSR count). The maximum Gasteiger partial charge on any atom is 0.256 e. The Hall–Kier alpha value is -9.65. The number of nitrogens with zero attached hydrogens (tertiary/aromatic N) is 3. The van der Waals surface area contributed by atoms with Gasteiger partial charge >= 0.3 is 0 Å². The standard InChI is InChI=1S/C66H47B2N5O/c1-7-23-47(24-8-1)69-59-42-53(71(48-25-9-2-10-26-48)49-27-11-3-12-28-49)44-62-65(59)67(56-36-20-22-38-61(56)73(62)52-33-17-6-18-34-52)46-39-40-63-57(41-46)68-55-35-19-21-37-58(55)70-60-43-54(45-64(74-63)66(60)68)72(50-29-13-4-14-30-50)51-31-15-5-16-32-51/h1-45,69-70H. The van der Waals surface area contributed by atoms with E-state index in [1.165, 1.54) is 21.9 Å². The quantitative estimate of drug-likeness (QED) is 0.133. The molecule has 3 heterocycles. The third-order valence-electron chi connectivity index (χ3n) is 14.7. The first-order valence-corrected chi connectivity index (χ1v) is 25.3. The van der Waals surface area contributed by atoms with Crippen molar-refractivity contribution in [1.82, 2.24) is 0 Å². The molecule has 3 aliphatic rings. The third kappa shape index (κ3) is 7.46. The maximum absolute atomic E-state index is 7.19. The lowest BCUT2D eigenvalue weighted by Crippen LogP contribution is -2.61. The zero-order valence-corrected chi connectivity index (χ0v) is 40.4.